The van der Waals surface area contributed by atoms with Crippen molar-refractivity contribution in [1.29, 1.82) is 0 Å². The standard InChI is InChI=1S/C17H18N4/c1-12-4-6-13(7-5-12)16-17(19-20-18-16)14-8-10-15(11-9-14)21(2)3/h4-11H,1-3H3,(H,18,19,20). The molecule has 0 bridgehead atoms. The molecule has 1 aromatic heterocycles. The third-order valence-corrected chi connectivity index (χ3v) is 3.53. The molecule has 3 rings (SSSR count). The Morgan fingerprint density at radius 1 is 0.762 bits per heavy atom. The Hall–Kier alpha value is -2.62. The van der Waals surface area contributed by atoms with E-state index in [1.54, 1.807) is 0 Å². The van der Waals surface area contributed by atoms with E-state index in [0.717, 1.165) is 22.5 Å². The zero-order valence-electron chi connectivity index (χ0n) is 12.5. The highest BCUT2D eigenvalue weighted by Gasteiger charge is 2.12. The lowest BCUT2D eigenvalue weighted by Gasteiger charge is -2.12. The van der Waals surface area contributed by atoms with Crippen molar-refractivity contribution in [3.8, 4) is 22.5 Å². The lowest BCUT2D eigenvalue weighted by atomic mass is 10.0. The largest absolute Gasteiger partial charge is 0.378 e. The Bertz CT molecular complexity index is 724. The van der Waals surface area contributed by atoms with Crippen LogP contribution in [0.25, 0.3) is 22.5 Å². The molecule has 4 heteroatoms. The molecule has 4 nitrogen and oxygen atoms in total. The van der Waals surface area contributed by atoms with Crippen molar-refractivity contribution in [2.24, 2.45) is 0 Å². The topological polar surface area (TPSA) is 44.8 Å². The Labute approximate surface area is 124 Å². The van der Waals surface area contributed by atoms with Gasteiger partial charge in [0.05, 0.1) is 0 Å². The molecule has 1 N–H and O–H groups in total. The summed E-state index contributed by atoms with van der Waals surface area (Å²) in [6.07, 6.45) is 0. The van der Waals surface area contributed by atoms with E-state index in [1.807, 2.05) is 14.1 Å². The number of aryl methyl sites for hydroxylation is 1. The van der Waals surface area contributed by atoms with Crippen LogP contribution in [-0.2, 0) is 0 Å². The number of hydrogen-bond acceptors (Lipinski definition) is 3. The summed E-state index contributed by atoms with van der Waals surface area (Å²) in [5.41, 5.74) is 6.29. The van der Waals surface area contributed by atoms with E-state index in [9.17, 15) is 0 Å². The van der Waals surface area contributed by atoms with Crippen LogP contribution in [0.5, 0.6) is 0 Å². The monoisotopic (exact) mass is 278 g/mol. The van der Waals surface area contributed by atoms with Gasteiger partial charge in [0.25, 0.3) is 0 Å². The first kappa shape index (κ1) is 13.4. The summed E-state index contributed by atoms with van der Waals surface area (Å²) in [4.78, 5) is 2.08. The van der Waals surface area contributed by atoms with Crippen LogP contribution >= 0.6 is 0 Å². The molecule has 21 heavy (non-hydrogen) atoms. The first-order valence-corrected chi connectivity index (χ1v) is 6.91. The fraction of sp³-hybridized carbons (Fsp3) is 0.176. The molecule has 0 amide bonds. The van der Waals surface area contributed by atoms with Crippen LogP contribution in [0, 0.1) is 6.92 Å². The minimum atomic E-state index is 0.879. The average molecular weight is 278 g/mol. The molecule has 0 saturated heterocycles. The Balaban J connectivity index is 2.00. The van der Waals surface area contributed by atoms with E-state index in [4.69, 9.17) is 0 Å². The van der Waals surface area contributed by atoms with Crippen LogP contribution in [0.4, 0.5) is 5.69 Å². The van der Waals surface area contributed by atoms with Crippen molar-refractivity contribution in [3.63, 3.8) is 0 Å². The number of nitrogens with zero attached hydrogens (tertiary/aromatic N) is 3. The summed E-state index contributed by atoms with van der Waals surface area (Å²) in [6.45, 7) is 2.08. The average Bonchev–Trinajstić information content (AvgIpc) is 2.97. The molecule has 0 fully saturated rings. The van der Waals surface area contributed by atoms with E-state index in [2.05, 4.69) is 75.8 Å². The third-order valence-electron chi connectivity index (χ3n) is 3.53. The highest BCUT2D eigenvalue weighted by atomic mass is 15.3. The molecule has 0 radical (unpaired) electrons. The van der Waals surface area contributed by atoms with Gasteiger partial charge in [0.15, 0.2) is 0 Å². The molecular formula is C17H18N4. The van der Waals surface area contributed by atoms with Crippen molar-refractivity contribution in [2.75, 3.05) is 19.0 Å². The number of benzene rings is 2. The molecule has 1 heterocycles. The lowest BCUT2D eigenvalue weighted by molar-refractivity contribution is 0.944. The predicted octanol–water partition coefficient (Wildman–Crippen LogP) is 3.51. The van der Waals surface area contributed by atoms with Crippen molar-refractivity contribution in [2.45, 2.75) is 6.92 Å². The molecule has 2 aromatic carbocycles. The van der Waals surface area contributed by atoms with Crippen molar-refractivity contribution in [3.05, 3.63) is 54.1 Å². The van der Waals surface area contributed by atoms with Crippen LogP contribution in [0.2, 0.25) is 0 Å². The Morgan fingerprint density at radius 3 is 1.71 bits per heavy atom. The third kappa shape index (κ3) is 2.65. The van der Waals surface area contributed by atoms with Crippen LogP contribution in [0.15, 0.2) is 48.5 Å². The van der Waals surface area contributed by atoms with Gasteiger partial charge < -0.3 is 4.90 Å². The predicted molar refractivity (Wildman–Crippen MR) is 86.3 cm³/mol. The second kappa shape index (κ2) is 5.40. The highest BCUT2D eigenvalue weighted by molar-refractivity contribution is 5.78. The Morgan fingerprint density at radius 2 is 1.24 bits per heavy atom. The van der Waals surface area contributed by atoms with Gasteiger partial charge in [0, 0.05) is 30.9 Å². The molecule has 0 aliphatic carbocycles. The smallest absolute Gasteiger partial charge is 0.120 e. The van der Waals surface area contributed by atoms with E-state index in [1.165, 1.54) is 11.3 Å². The van der Waals surface area contributed by atoms with Gasteiger partial charge in [-0.25, -0.2) is 0 Å². The number of aromatic nitrogens is 3. The molecule has 0 saturated carbocycles. The molecule has 106 valence electrons. The van der Waals surface area contributed by atoms with Gasteiger partial charge in [-0.1, -0.05) is 42.0 Å². The van der Waals surface area contributed by atoms with E-state index in [0.29, 0.717) is 0 Å². The maximum Gasteiger partial charge on any atom is 0.120 e. The minimum Gasteiger partial charge on any atom is -0.378 e. The first-order valence-electron chi connectivity index (χ1n) is 6.91. The molecule has 0 atom stereocenters. The second-order valence-corrected chi connectivity index (χ2v) is 5.33. The molecule has 0 aliphatic rings. The molecule has 3 aromatic rings. The number of nitrogens with one attached hydrogen (secondary N) is 1. The number of H-pyrrole nitrogens is 1. The minimum absolute atomic E-state index is 0.879. The van der Waals surface area contributed by atoms with E-state index < -0.39 is 0 Å². The summed E-state index contributed by atoms with van der Waals surface area (Å²) in [7, 11) is 4.06. The van der Waals surface area contributed by atoms with Gasteiger partial charge in [-0.3, -0.25) is 0 Å². The van der Waals surface area contributed by atoms with Crippen molar-refractivity contribution in [1.82, 2.24) is 15.4 Å². The van der Waals surface area contributed by atoms with Gasteiger partial charge in [-0.15, -0.1) is 0 Å². The maximum atomic E-state index is 4.31. The molecule has 0 aliphatic heterocycles. The molecule has 0 unspecified atom stereocenters. The fourth-order valence-electron chi connectivity index (χ4n) is 2.26. The quantitative estimate of drug-likeness (QED) is 0.797. The number of hydrogen-bond donors (Lipinski definition) is 1. The SMILES string of the molecule is Cc1ccc(-c2n[nH]nc2-c2ccc(N(C)C)cc2)cc1. The van der Waals surface area contributed by atoms with E-state index in [-0.39, 0.29) is 0 Å². The van der Waals surface area contributed by atoms with Gasteiger partial charge in [-0.05, 0) is 19.1 Å². The van der Waals surface area contributed by atoms with Crippen LogP contribution in [0.1, 0.15) is 5.56 Å². The van der Waals surface area contributed by atoms with Crippen LogP contribution in [-0.4, -0.2) is 29.5 Å². The van der Waals surface area contributed by atoms with Gasteiger partial charge in [0.2, 0.25) is 0 Å². The maximum absolute atomic E-state index is 4.31. The zero-order valence-corrected chi connectivity index (χ0v) is 12.5. The normalized spacial score (nSPS) is 10.6. The molecule has 0 spiro atoms. The van der Waals surface area contributed by atoms with Gasteiger partial charge in [-0.2, -0.15) is 15.4 Å². The summed E-state index contributed by atoms with van der Waals surface area (Å²) in [6, 6.07) is 16.6. The van der Waals surface area contributed by atoms with Crippen molar-refractivity contribution >= 4 is 5.69 Å². The summed E-state index contributed by atoms with van der Waals surface area (Å²) in [5, 5.41) is 11.4. The summed E-state index contributed by atoms with van der Waals surface area (Å²) >= 11 is 0. The zero-order chi connectivity index (χ0) is 14.8. The lowest BCUT2D eigenvalue weighted by Crippen LogP contribution is -2.07. The second-order valence-electron chi connectivity index (χ2n) is 5.33. The summed E-state index contributed by atoms with van der Waals surface area (Å²) in [5.74, 6) is 0. The van der Waals surface area contributed by atoms with Gasteiger partial charge >= 0.3 is 0 Å². The van der Waals surface area contributed by atoms with Crippen LogP contribution < -0.4 is 4.90 Å². The molecular weight excluding hydrogens is 260 g/mol. The highest BCUT2D eigenvalue weighted by Crippen LogP contribution is 2.29. The summed E-state index contributed by atoms with van der Waals surface area (Å²) < 4.78 is 0. The number of aromatic amines is 1. The number of anilines is 1. The Kier molecular flexibility index (Phi) is 3.44. The van der Waals surface area contributed by atoms with Crippen LogP contribution in [0.3, 0.4) is 0 Å². The first-order chi connectivity index (χ1) is 10.1. The van der Waals surface area contributed by atoms with Gasteiger partial charge in [0.1, 0.15) is 11.4 Å². The fourth-order valence-corrected chi connectivity index (χ4v) is 2.26. The van der Waals surface area contributed by atoms with E-state index >= 15 is 0 Å². The number of rotatable bonds is 3. The van der Waals surface area contributed by atoms with Crippen molar-refractivity contribution < 1.29 is 0 Å².